The number of nitrogens with one attached hydrogen (secondary N) is 1. The Morgan fingerprint density at radius 1 is 1.75 bits per heavy atom. The van der Waals surface area contributed by atoms with Gasteiger partial charge in [0.05, 0.1) is 6.54 Å². The molecular formula is C8H13N3O. The normalized spacial score (nSPS) is 10.2. The van der Waals surface area contributed by atoms with Crippen LogP contribution in [-0.4, -0.2) is 28.4 Å². The molecule has 0 radical (unpaired) electrons. The molecule has 0 unspecified atom stereocenters. The van der Waals surface area contributed by atoms with Crippen molar-refractivity contribution in [3.63, 3.8) is 0 Å². The number of hydrogen-bond acceptors (Lipinski definition) is 3. The molecule has 12 heavy (non-hydrogen) atoms. The monoisotopic (exact) mass is 167 g/mol. The van der Waals surface area contributed by atoms with E-state index in [2.05, 4.69) is 10.3 Å². The smallest absolute Gasteiger partial charge is 0.211 e. The first-order valence-corrected chi connectivity index (χ1v) is 3.97. The third-order valence-electron chi connectivity index (χ3n) is 1.61. The molecule has 0 saturated carbocycles. The van der Waals surface area contributed by atoms with Crippen molar-refractivity contribution in [1.29, 1.82) is 0 Å². The van der Waals surface area contributed by atoms with Crippen LogP contribution in [0.4, 0.5) is 0 Å². The van der Waals surface area contributed by atoms with E-state index >= 15 is 0 Å². The van der Waals surface area contributed by atoms with Gasteiger partial charge in [0.15, 0.2) is 5.82 Å². The van der Waals surface area contributed by atoms with Gasteiger partial charge in [-0.1, -0.05) is 6.92 Å². The molecule has 0 bridgehead atoms. The second-order valence-corrected chi connectivity index (χ2v) is 2.57. The van der Waals surface area contributed by atoms with Gasteiger partial charge in [-0.15, -0.1) is 0 Å². The first-order chi connectivity index (χ1) is 5.75. The summed E-state index contributed by atoms with van der Waals surface area (Å²) in [7, 11) is 1.81. The van der Waals surface area contributed by atoms with E-state index in [1.54, 1.807) is 17.0 Å². The van der Waals surface area contributed by atoms with Crippen LogP contribution >= 0.6 is 0 Å². The van der Waals surface area contributed by atoms with Gasteiger partial charge in [-0.3, -0.25) is 4.79 Å². The van der Waals surface area contributed by atoms with E-state index in [-0.39, 0.29) is 5.78 Å². The minimum Gasteiger partial charge on any atom is -0.332 e. The molecule has 0 aromatic carbocycles. The third-order valence-corrected chi connectivity index (χ3v) is 1.61. The summed E-state index contributed by atoms with van der Waals surface area (Å²) in [5.74, 6) is 0.542. The molecule has 0 aliphatic rings. The Kier molecular flexibility index (Phi) is 2.99. The second kappa shape index (κ2) is 4.01. The number of nitrogens with zero attached hydrogens (tertiary/aromatic N) is 2. The lowest BCUT2D eigenvalue weighted by molar-refractivity contribution is 0.0979. The fourth-order valence-electron chi connectivity index (χ4n) is 0.952. The van der Waals surface area contributed by atoms with Gasteiger partial charge in [-0.25, -0.2) is 4.98 Å². The second-order valence-electron chi connectivity index (χ2n) is 2.57. The van der Waals surface area contributed by atoms with E-state index in [4.69, 9.17) is 0 Å². The van der Waals surface area contributed by atoms with E-state index in [9.17, 15) is 4.79 Å². The summed E-state index contributed by atoms with van der Waals surface area (Å²) < 4.78 is 1.72. The maximum Gasteiger partial charge on any atom is 0.211 e. The third kappa shape index (κ3) is 1.92. The van der Waals surface area contributed by atoms with Crippen LogP contribution in [0.3, 0.4) is 0 Å². The highest BCUT2D eigenvalue weighted by Crippen LogP contribution is 1.94. The number of hydrogen-bond donors (Lipinski definition) is 1. The lowest BCUT2D eigenvalue weighted by atomic mass is 10.3. The van der Waals surface area contributed by atoms with Crippen LogP contribution in [-0.2, 0) is 7.05 Å². The average molecular weight is 167 g/mol. The minimum absolute atomic E-state index is 0.0318. The topological polar surface area (TPSA) is 46.9 Å². The molecule has 4 heteroatoms. The van der Waals surface area contributed by atoms with E-state index in [0.717, 1.165) is 6.54 Å². The summed E-state index contributed by atoms with van der Waals surface area (Å²) in [6.45, 7) is 3.13. The van der Waals surface area contributed by atoms with Crippen LogP contribution < -0.4 is 5.32 Å². The Morgan fingerprint density at radius 3 is 3.00 bits per heavy atom. The summed E-state index contributed by atoms with van der Waals surface area (Å²) in [5, 5.41) is 2.96. The molecule has 0 fully saturated rings. The SMILES string of the molecule is CCNCC(=O)c1nccn1C. The van der Waals surface area contributed by atoms with Crippen molar-refractivity contribution in [3.05, 3.63) is 18.2 Å². The van der Waals surface area contributed by atoms with Crippen molar-refractivity contribution < 1.29 is 4.79 Å². The molecule has 1 aromatic heterocycles. The van der Waals surface area contributed by atoms with E-state index in [1.165, 1.54) is 0 Å². The number of carbonyl (C=O) groups excluding carboxylic acids is 1. The van der Waals surface area contributed by atoms with Crippen LogP contribution in [0.15, 0.2) is 12.4 Å². The largest absolute Gasteiger partial charge is 0.332 e. The molecule has 66 valence electrons. The van der Waals surface area contributed by atoms with Crippen molar-refractivity contribution in [2.45, 2.75) is 6.92 Å². The number of aromatic nitrogens is 2. The fourth-order valence-corrected chi connectivity index (χ4v) is 0.952. The summed E-state index contributed by atoms with van der Waals surface area (Å²) in [4.78, 5) is 15.3. The zero-order valence-electron chi connectivity index (χ0n) is 7.37. The Bertz CT molecular complexity index is 267. The predicted molar refractivity (Wildman–Crippen MR) is 46.1 cm³/mol. The van der Waals surface area contributed by atoms with E-state index in [1.807, 2.05) is 14.0 Å². The maximum absolute atomic E-state index is 11.3. The summed E-state index contributed by atoms with van der Waals surface area (Å²) >= 11 is 0. The summed E-state index contributed by atoms with van der Waals surface area (Å²) in [6.07, 6.45) is 3.39. The molecule has 0 amide bonds. The molecule has 4 nitrogen and oxygen atoms in total. The van der Waals surface area contributed by atoms with Gasteiger partial charge >= 0.3 is 0 Å². The Balaban J connectivity index is 2.59. The summed E-state index contributed by atoms with van der Waals surface area (Å²) in [6, 6.07) is 0. The van der Waals surface area contributed by atoms with Crippen LogP contribution in [0.25, 0.3) is 0 Å². The standard InChI is InChI=1S/C8H13N3O/c1-3-9-6-7(12)8-10-4-5-11(8)2/h4-5,9H,3,6H2,1-2H3. The Hall–Kier alpha value is -1.16. The zero-order chi connectivity index (χ0) is 8.97. The van der Waals surface area contributed by atoms with Crippen LogP contribution in [0.2, 0.25) is 0 Å². The molecule has 1 N–H and O–H groups in total. The number of imidazole rings is 1. The Morgan fingerprint density at radius 2 is 2.50 bits per heavy atom. The van der Waals surface area contributed by atoms with E-state index in [0.29, 0.717) is 12.4 Å². The maximum atomic E-state index is 11.3. The van der Waals surface area contributed by atoms with Gasteiger partial charge < -0.3 is 9.88 Å². The van der Waals surface area contributed by atoms with Crippen molar-refractivity contribution in [1.82, 2.24) is 14.9 Å². The van der Waals surface area contributed by atoms with Crippen molar-refractivity contribution >= 4 is 5.78 Å². The summed E-state index contributed by atoms with van der Waals surface area (Å²) in [5.41, 5.74) is 0. The first kappa shape index (κ1) is 8.93. The molecule has 0 atom stereocenters. The minimum atomic E-state index is 0.0318. The zero-order valence-corrected chi connectivity index (χ0v) is 7.37. The number of ketones is 1. The molecule has 1 rings (SSSR count). The van der Waals surface area contributed by atoms with Gasteiger partial charge in [0, 0.05) is 19.4 Å². The lowest BCUT2D eigenvalue weighted by Gasteiger charge is -2.00. The number of aryl methyl sites for hydroxylation is 1. The van der Waals surface area contributed by atoms with Crippen molar-refractivity contribution in [3.8, 4) is 0 Å². The highest BCUT2D eigenvalue weighted by atomic mass is 16.1. The van der Waals surface area contributed by atoms with Gasteiger partial charge in [0.2, 0.25) is 5.78 Å². The van der Waals surface area contributed by atoms with Crippen LogP contribution in [0, 0.1) is 0 Å². The number of carbonyl (C=O) groups is 1. The molecule has 0 aliphatic heterocycles. The molecule has 0 spiro atoms. The molecule has 1 aromatic rings. The fraction of sp³-hybridized carbons (Fsp3) is 0.500. The number of likely N-dealkylation sites (N-methyl/N-ethyl adjacent to an activating group) is 1. The highest BCUT2D eigenvalue weighted by molar-refractivity contribution is 5.94. The van der Waals surface area contributed by atoms with Crippen molar-refractivity contribution in [2.24, 2.45) is 7.05 Å². The lowest BCUT2D eigenvalue weighted by Crippen LogP contribution is -2.24. The average Bonchev–Trinajstić information content (AvgIpc) is 2.47. The van der Waals surface area contributed by atoms with Gasteiger partial charge in [0.1, 0.15) is 0 Å². The van der Waals surface area contributed by atoms with Gasteiger partial charge in [-0.05, 0) is 6.54 Å². The number of rotatable bonds is 4. The number of Topliss-reactive ketones (excluding diaryl/α,β-unsaturated/α-hetero) is 1. The molecule has 0 aliphatic carbocycles. The first-order valence-electron chi connectivity index (χ1n) is 3.97. The van der Waals surface area contributed by atoms with Gasteiger partial charge in [0.25, 0.3) is 0 Å². The highest BCUT2D eigenvalue weighted by Gasteiger charge is 2.08. The van der Waals surface area contributed by atoms with E-state index < -0.39 is 0 Å². The predicted octanol–water partition coefficient (Wildman–Crippen LogP) is 0.212. The molecule has 1 heterocycles. The quantitative estimate of drug-likeness (QED) is 0.652. The molecule has 0 saturated heterocycles. The Labute approximate surface area is 71.6 Å². The van der Waals surface area contributed by atoms with Crippen molar-refractivity contribution in [2.75, 3.05) is 13.1 Å². The van der Waals surface area contributed by atoms with Crippen LogP contribution in [0.5, 0.6) is 0 Å². The molecular weight excluding hydrogens is 154 g/mol. The van der Waals surface area contributed by atoms with Crippen LogP contribution in [0.1, 0.15) is 17.5 Å². The van der Waals surface area contributed by atoms with Gasteiger partial charge in [-0.2, -0.15) is 0 Å².